The van der Waals surface area contributed by atoms with Crippen molar-refractivity contribution in [3.63, 3.8) is 0 Å². The molecule has 0 aliphatic rings. The van der Waals surface area contributed by atoms with Gasteiger partial charge in [-0.15, -0.1) is 13.8 Å². The molecule has 0 aliphatic carbocycles. The summed E-state index contributed by atoms with van der Waals surface area (Å²) in [5.41, 5.74) is 0.333. The molecule has 0 aliphatic heterocycles. The van der Waals surface area contributed by atoms with Gasteiger partial charge in [0.25, 0.3) is 0 Å². The summed E-state index contributed by atoms with van der Waals surface area (Å²) < 4.78 is 0. The molecule has 0 fully saturated rings. The van der Waals surface area contributed by atoms with E-state index in [-0.39, 0.29) is 60.7 Å². The number of hydrogen-bond acceptors (Lipinski definition) is 0. The maximum atomic E-state index is 2.19. The van der Waals surface area contributed by atoms with Crippen LogP contribution in [0.2, 0.25) is 0 Å². The Morgan fingerprint density at radius 3 is 1.10 bits per heavy atom. The molecule has 0 saturated heterocycles. The molecule has 0 bridgehead atoms. The van der Waals surface area contributed by atoms with E-state index in [9.17, 15) is 0 Å². The molecule has 0 heterocycles. The maximum Gasteiger partial charge on any atom is 0 e. The summed E-state index contributed by atoms with van der Waals surface area (Å²) in [5, 5.41) is 0. The van der Waals surface area contributed by atoms with Gasteiger partial charge in [-0.3, -0.25) is 5.41 Å². The molecule has 10 heavy (non-hydrogen) atoms. The minimum atomic E-state index is 0. The van der Waals surface area contributed by atoms with Gasteiger partial charge in [-0.05, 0) is 0 Å². The first-order valence-corrected chi connectivity index (χ1v) is 2.73. The first kappa shape index (κ1) is 22.7. The zero-order valence-corrected chi connectivity index (χ0v) is 14.2. The first-order chi connectivity index (χ1) is 3.12. The third kappa shape index (κ3) is 12.6. The molecule has 0 nitrogen and oxygen atoms in total. The van der Waals surface area contributed by atoms with Crippen LogP contribution in [0.4, 0.5) is 0 Å². The van der Waals surface area contributed by atoms with Crippen LogP contribution in [0, 0.1) is 18.3 Å². The Hall–Kier alpha value is 1.96. The van der Waals surface area contributed by atoms with Crippen LogP contribution < -0.4 is 0 Å². The van der Waals surface area contributed by atoms with Crippen molar-refractivity contribution < 1.29 is 60.7 Å². The average molecular weight is 517 g/mol. The molecule has 0 rings (SSSR count). The van der Waals surface area contributed by atoms with Gasteiger partial charge in [0, 0.05) is 60.7 Å². The van der Waals surface area contributed by atoms with Crippen molar-refractivity contribution in [1.29, 1.82) is 0 Å². The van der Waals surface area contributed by atoms with Gasteiger partial charge >= 0.3 is 0 Å². The van der Waals surface area contributed by atoms with Crippen LogP contribution in [0.3, 0.4) is 0 Å². The summed E-state index contributed by atoms with van der Waals surface area (Å²) in [6, 6.07) is 0. The zero-order chi connectivity index (χ0) is 5.91. The standard InChI is InChI=1S/C7H14.V.2W/c1-5-7(3,4)6-2;;;/h5-6H,1-4H3;;;/q-2;;;. The average Bonchev–Trinajstić information content (AvgIpc) is 1.68. The molecule has 0 aromatic heterocycles. The summed E-state index contributed by atoms with van der Waals surface area (Å²) in [4.78, 5) is 0. The van der Waals surface area contributed by atoms with E-state index in [1.807, 2.05) is 0 Å². The molecular formula is C7H14VW2-2. The fourth-order valence-corrected chi connectivity index (χ4v) is 0.167. The van der Waals surface area contributed by atoms with Crippen molar-refractivity contribution in [1.82, 2.24) is 0 Å². The normalized spacial score (nSPS) is 8.40. The van der Waals surface area contributed by atoms with E-state index in [1.165, 1.54) is 0 Å². The van der Waals surface area contributed by atoms with E-state index in [0.717, 1.165) is 0 Å². The molecule has 0 amide bonds. The molecule has 1 radical (unpaired) electrons. The van der Waals surface area contributed by atoms with Crippen molar-refractivity contribution in [2.45, 2.75) is 27.7 Å². The Morgan fingerprint density at radius 2 is 1.10 bits per heavy atom. The Kier molecular flexibility index (Phi) is 24.9. The molecule has 0 saturated carbocycles. The van der Waals surface area contributed by atoms with E-state index < -0.39 is 0 Å². The van der Waals surface area contributed by atoms with Crippen LogP contribution >= 0.6 is 0 Å². The van der Waals surface area contributed by atoms with E-state index in [0.29, 0.717) is 5.41 Å². The monoisotopic (exact) mass is 517 g/mol. The first-order valence-electron chi connectivity index (χ1n) is 2.73. The molecular weight excluding hydrogens is 503 g/mol. The molecule has 61 valence electrons. The predicted molar refractivity (Wildman–Crippen MR) is 33.7 cm³/mol. The third-order valence-corrected chi connectivity index (χ3v) is 1.49. The molecule has 0 N–H and O–H groups in total. The Balaban J connectivity index is -0.0000000600. The van der Waals surface area contributed by atoms with E-state index in [2.05, 4.69) is 40.5 Å². The van der Waals surface area contributed by atoms with Gasteiger partial charge in [0.1, 0.15) is 0 Å². The maximum absolute atomic E-state index is 2.19. The minimum absolute atomic E-state index is 0. The number of rotatable bonds is 2. The molecule has 0 atom stereocenters. The molecule has 3 heteroatoms. The van der Waals surface area contributed by atoms with Gasteiger partial charge in [0.2, 0.25) is 0 Å². The summed E-state index contributed by atoms with van der Waals surface area (Å²) >= 11 is 0. The third-order valence-electron chi connectivity index (χ3n) is 1.49. The quantitative estimate of drug-likeness (QED) is 0.495. The van der Waals surface area contributed by atoms with E-state index >= 15 is 0 Å². The van der Waals surface area contributed by atoms with Crippen molar-refractivity contribution >= 4 is 0 Å². The molecule has 0 spiro atoms. The van der Waals surface area contributed by atoms with E-state index in [1.54, 1.807) is 0 Å². The molecule has 0 aromatic rings. The van der Waals surface area contributed by atoms with Gasteiger partial charge < -0.3 is 12.8 Å². The van der Waals surface area contributed by atoms with Crippen LogP contribution in [0.25, 0.3) is 0 Å². The predicted octanol–water partition coefficient (Wildman–Crippen LogP) is 2.45. The van der Waals surface area contributed by atoms with Crippen LogP contribution in [0.1, 0.15) is 27.7 Å². The van der Waals surface area contributed by atoms with Crippen LogP contribution in [0.5, 0.6) is 0 Å². The van der Waals surface area contributed by atoms with Gasteiger partial charge in [-0.2, -0.15) is 13.8 Å². The largest absolute Gasteiger partial charge is 0.355 e. The summed E-state index contributed by atoms with van der Waals surface area (Å²) in [5.74, 6) is 0. The molecule has 0 aromatic carbocycles. The summed E-state index contributed by atoms with van der Waals surface area (Å²) in [6.45, 7) is 8.54. The SMILES string of the molecule is C[CH-]C(C)(C)[CH-]C.[V].[W].[W]. The second kappa shape index (κ2) is 11.0. The fraction of sp³-hybridized carbons (Fsp3) is 0.714. The van der Waals surface area contributed by atoms with Crippen molar-refractivity contribution in [3.05, 3.63) is 12.8 Å². The van der Waals surface area contributed by atoms with E-state index in [4.69, 9.17) is 0 Å². The smallest absolute Gasteiger partial charge is 0 e. The van der Waals surface area contributed by atoms with Crippen molar-refractivity contribution in [3.8, 4) is 0 Å². The Bertz CT molecular complexity index is 49.6. The van der Waals surface area contributed by atoms with Gasteiger partial charge in [0.15, 0.2) is 0 Å². The zero-order valence-electron chi connectivity index (χ0n) is 6.92. The van der Waals surface area contributed by atoms with Gasteiger partial charge in [0.05, 0.1) is 0 Å². The topological polar surface area (TPSA) is 0 Å². The summed E-state index contributed by atoms with van der Waals surface area (Å²) in [7, 11) is 0. The fourth-order valence-electron chi connectivity index (χ4n) is 0.167. The Morgan fingerprint density at radius 1 is 0.900 bits per heavy atom. The van der Waals surface area contributed by atoms with Crippen LogP contribution in [0.15, 0.2) is 0 Å². The second-order valence-electron chi connectivity index (χ2n) is 2.40. The Labute approximate surface area is 106 Å². The van der Waals surface area contributed by atoms with Crippen molar-refractivity contribution in [2.24, 2.45) is 5.41 Å². The van der Waals surface area contributed by atoms with Gasteiger partial charge in [-0.25, -0.2) is 0 Å². The summed E-state index contributed by atoms with van der Waals surface area (Å²) in [6.07, 6.45) is 4.38. The van der Waals surface area contributed by atoms with Crippen LogP contribution in [-0.4, -0.2) is 0 Å². The van der Waals surface area contributed by atoms with Crippen LogP contribution in [-0.2, 0) is 60.7 Å². The second-order valence-corrected chi connectivity index (χ2v) is 2.40. The van der Waals surface area contributed by atoms with Crippen molar-refractivity contribution in [2.75, 3.05) is 0 Å². The van der Waals surface area contributed by atoms with Gasteiger partial charge in [-0.1, -0.05) is 0 Å². The minimum Gasteiger partial charge on any atom is -0.355 e. The number of hydrogen-bond donors (Lipinski definition) is 0. The molecule has 0 unspecified atom stereocenters.